The molecule has 1 N–H and O–H groups in total. The van der Waals surface area contributed by atoms with Gasteiger partial charge in [0.15, 0.2) is 6.23 Å². The molecule has 3 atom stereocenters. The summed E-state index contributed by atoms with van der Waals surface area (Å²) in [7, 11) is 0. The lowest BCUT2D eigenvalue weighted by Gasteiger charge is -2.35. The van der Waals surface area contributed by atoms with Crippen LogP contribution in [0.5, 0.6) is 0 Å². The minimum absolute atomic E-state index is 0.101. The molecule has 3 aromatic rings. The Morgan fingerprint density at radius 3 is 2.20 bits per heavy atom. The minimum Gasteiger partial charge on any atom is -0.371 e. The van der Waals surface area contributed by atoms with Crippen molar-refractivity contribution in [3.63, 3.8) is 0 Å². The van der Waals surface area contributed by atoms with Crippen molar-refractivity contribution in [2.75, 3.05) is 0 Å². The van der Waals surface area contributed by atoms with Crippen LogP contribution in [0.2, 0.25) is 0 Å². The van der Waals surface area contributed by atoms with Gasteiger partial charge in [0.25, 0.3) is 11.1 Å². The summed E-state index contributed by atoms with van der Waals surface area (Å²) >= 11 is 0. The summed E-state index contributed by atoms with van der Waals surface area (Å²) in [5, 5.41) is 12.9. The zero-order valence-corrected chi connectivity index (χ0v) is 14.0. The number of carbonyl (C=O) groups excluding carboxylic acids is 1. The van der Waals surface area contributed by atoms with Crippen LogP contribution >= 0.6 is 0 Å². The molecule has 0 aliphatic carbocycles. The first-order chi connectivity index (χ1) is 11.9. The van der Waals surface area contributed by atoms with Crippen molar-refractivity contribution in [1.82, 2.24) is 9.36 Å². The van der Waals surface area contributed by atoms with E-state index in [9.17, 15) is 19.5 Å². The fourth-order valence-corrected chi connectivity index (χ4v) is 3.78. The summed E-state index contributed by atoms with van der Waals surface area (Å²) in [6.45, 7) is 3.27. The van der Waals surface area contributed by atoms with Crippen molar-refractivity contribution < 1.29 is 9.90 Å². The third kappa shape index (κ3) is 2.17. The molecule has 0 radical (unpaired) electrons. The molecular formula is C19H18N2O4. The highest BCUT2D eigenvalue weighted by Gasteiger charge is 2.37. The first kappa shape index (κ1) is 15.8. The van der Waals surface area contributed by atoms with Gasteiger partial charge in [-0.25, -0.2) is 9.36 Å². The standard InChI is InChI=1S/C19H18N2O4/c1-10-16(11(2)22)9-20-18(24)14-7-12-5-3-4-6-13(12)8-15(14)19(25)21(20)17(10)23/h3-8,10,16-17,23H,9H2,1-2H3/t10-,16-,17+/m1/s1. The number of benzene rings is 2. The maximum Gasteiger partial charge on any atom is 0.275 e. The summed E-state index contributed by atoms with van der Waals surface area (Å²) in [5.41, 5.74) is -0.778. The summed E-state index contributed by atoms with van der Waals surface area (Å²) in [6.07, 6.45) is -1.21. The molecule has 2 aromatic carbocycles. The Kier molecular flexibility index (Phi) is 3.40. The molecule has 0 spiro atoms. The van der Waals surface area contributed by atoms with Gasteiger partial charge in [-0.15, -0.1) is 0 Å². The number of carbonyl (C=O) groups is 1. The van der Waals surface area contributed by atoms with E-state index >= 15 is 0 Å². The quantitative estimate of drug-likeness (QED) is 0.684. The van der Waals surface area contributed by atoms with E-state index in [0.29, 0.717) is 5.39 Å². The Balaban J connectivity index is 2.11. The second kappa shape index (κ2) is 5.39. The van der Waals surface area contributed by atoms with Gasteiger partial charge in [-0.2, -0.15) is 0 Å². The average Bonchev–Trinajstić information content (AvgIpc) is 2.60. The lowest BCUT2D eigenvalue weighted by atomic mass is 9.87. The highest BCUT2D eigenvalue weighted by molar-refractivity contribution is 5.97. The van der Waals surface area contributed by atoms with Crippen LogP contribution in [0.3, 0.4) is 0 Å². The lowest BCUT2D eigenvalue weighted by molar-refractivity contribution is -0.130. The number of ketones is 1. The molecule has 1 aromatic heterocycles. The third-order valence-corrected chi connectivity index (χ3v) is 5.30. The number of rotatable bonds is 1. The number of aromatic nitrogens is 2. The van der Waals surface area contributed by atoms with Crippen molar-refractivity contribution in [2.45, 2.75) is 26.6 Å². The SMILES string of the molecule is CC(=O)[C@@H]1Cn2c(=O)c3cc4ccccc4cc3c(=O)n2[C@@H](O)[C@@H]1C. The average molecular weight is 338 g/mol. The van der Waals surface area contributed by atoms with Crippen LogP contribution in [0.25, 0.3) is 21.5 Å². The number of aliphatic hydroxyl groups is 1. The maximum absolute atomic E-state index is 13.0. The Morgan fingerprint density at radius 2 is 1.64 bits per heavy atom. The van der Waals surface area contributed by atoms with Crippen LogP contribution in [0.4, 0.5) is 0 Å². The monoisotopic (exact) mass is 338 g/mol. The van der Waals surface area contributed by atoms with Crippen LogP contribution in [-0.4, -0.2) is 20.3 Å². The third-order valence-electron chi connectivity index (χ3n) is 5.30. The van der Waals surface area contributed by atoms with Crippen LogP contribution in [-0.2, 0) is 11.3 Å². The predicted molar refractivity (Wildman–Crippen MR) is 94.6 cm³/mol. The second-order valence-electron chi connectivity index (χ2n) is 6.77. The minimum atomic E-state index is -1.21. The van der Waals surface area contributed by atoms with Gasteiger partial charge >= 0.3 is 0 Å². The molecule has 0 amide bonds. The van der Waals surface area contributed by atoms with E-state index < -0.39 is 23.6 Å². The highest BCUT2D eigenvalue weighted by atomic mass is 16.3. The fourth-order valence-electron chi connectivity index (χ4n) is 3.78. The molecule has 4 rings (SSSR count). The molecule has 0 saturated heterocycles. The Bertz CT molecular complexity index is 1140. The molecular weight excluding hydrogens is 320 g/mol. The van der Waals surface area contributed by atoms with E-state index in [-0.39, 0.29) is 23.3 Å². The van der Waals surface area contributed by atoms with Gasteiger partial charge in [0.1, 0.15) is 5.78 Å². The van der Waals surface area contributed by atoms with Crippen molar-refractivity contribution in [2.24, 2.45) is 11.8 Å². The molecule has 0 unspecified atom stereocenters. The molecule has 1 aliphatic heterocycles. The molecule has 0 bridgehead atoms. The summed E-state index contributed by atoms with van der Waals surface area (Å²) in [4.78, 5) is 37.8. The lowest BCUT2D eigenvalue weighted by Crippen LogP contribution is -2.50. The Labute approximate surface area is 142 Å². The molecule has 6 nitrogen and oxygen atoms in total. The van der Waals surface area contributed by atoms with E-state index in [1.165, 1.54) is 11.6 Å². The molecule has 0 saturated carbocycles. The van der Waals surface area contributed by atoms with Gasteiger partial charge in [0, 0.05) is 11.8 Å². The van der Waals surface area contributed by atoms with E-state index in [0.717, 1.165) is 15.5 Å². The molecule has 128 valence electrons. The number of fused-ring (bicyclic) bond motifs is 3. The predicted octanol–water partition coefficient (Wildman–Crippen LogP) is 1.66. The van der Waals surface area contributed by atoms with Crippen molar-refractivity contribution >= 4 is 27.3 Å². The van der Waals surface area contributed by atoms with Crippen molar-refractivity contribution in [3.8, 4) is 0 Å². The van der Waals surface area contributed by atoms with Gasteiger partial charge < -0.3 is 5.11 Å². The number of hydrogen-bond donors (Lipinski definition) is 1. The van der Waals surface area contributed by atoms with E-state index in [2.05, 4.69) is 0 Å². The summed E-state index contributed by atoms with van der Waals surface area (Å²) < 4.78 is 2.32. The zero-order valence-electron chi connectivity index (χ0n) is 14.0. The number of aliphatic hydroxyl groups excluding tert-OH is 1. The Hall–Kier alpha value is -2.73. The number of Topliss-reactive ketones (excluding diaryl/α,β-unsaturated/α-hetero) is 1. The molecule has 1 aliphatic rings. The van der Waals surface area contributed by atoms with Crippen molar-refractivity contribution in [3.05, 3.63) is 57.1 Å². The van der Waals surface area contributed by atoms with Crippen LogP contribution in [0.15, 0.2) is 46.0 Å². The summed E-state index contributed by atoms with van der Waals surface area (Å²) in [5.74, 6) is -1.03. The fraction of sp³-hybridized carbons (Fsp3) is 0.316. The Morgan fingerprint density at radius 1 is 1.08 bits per heavy atom. The van der Waals surface area contributed by atoms with E-state index in [1.807, 2.05) is 24.3 Å². The van der Waals surface area contributed by atoms with Gasteiger partial charge in [-0.3, -0.25) is 14.4 Å². The van der Waals surface area contributed by atoms with Crippen LogP contribution in [0.1, 0.15) is 20.1 Å². The van der Waals surface area contributed by atoms with Crippen LogP contribution in [0, 0.1) is 11.8 Å². The maximum atomic E-state index is 13.0. The van der Waals surface area contributed by atoms with E-state index in [4.69, 9.17) is 0 Å². The largest absolute Gasteiger partial charge is 0.371 e. The van der Waals surface area contributed by atoms with Gasteiger partial charge in [-0.05, 0) is 29.8 Å². The van der Waals surface area contributed by atoms with Gasteiger partial charge in [0.05, 0.1) is 17.3 Å². The number of hydrogen-bond acceptors (Lipinski definition) is 4. The van der Waals surface area contributed by atoms with Crippen molar-refractivity contribution in [1.29, 1.82) is 0 Å². The molecule has 6 heteroatoms. The smallest absolute Gasteiger partial charge is 0.275 e. The highest BCUT2D eigenvalue weighted by Crippen LogP contribution is 2.29. The zero-order chi connectivity index (χ0) is 17.9. The van der Waals surface area contributed by atoms with Crippen LogP contribution < -0.4 is 11.1 Å². The van der Waals surface area contributed by atoms with Gasteiger partial charge in [0.2, 0.25) is 0 Å². The first-order valence-electron chi connectivity index (χ1n) is 8.27. The molecule has 25 heavy (non-hydrogen) atoms. The number of nitrogens with zero attached hydrogens (tertiary/aromatic N) is 2. The molecule has 0 fully saturated rings. The topological polar surface area (TPSA) is 81.3 Å². The van der Waals surface area contributed by atoms with Gasteiger partial charge in [-0.1, -0.05) is 31.2 Å². The summed E-state index contributed by atoms with van der Waals surface area (Å²) in [6, 6.07) is 10.9. The van der Waals surface area contributed by atoms with E-state index in [1.54, 1.807) is 19.1 Å². The normalized spacial score (nSPS) is 22.9. The second-order valence-corrected chi connectivity index (χ2v) is 6.77. The first-order valence-corrected chi connectivity index (χ1v) is 8.27. The molecule has 2 heterocycles.